The molecule has 1 saturated heterocycles. The Morgan fingerprint density at radius 3 is 2.48 bits per heavy atom. The van der Waals surface area contributed by atoms with Gasteiger partial charge in [-0.05, 0) is 30.6 Å². The van der Waals surface area contributed by atoms with Gasteiger partial charge in [-0.1, -0.05) is 25.0 Å². The highest BCUT2D eigenvalue weighted by atomic mass is 32.1. The minimum absolute atomic E-state index is 0.0309. The number of benzene rings is 1. The first-order chi connectivity index (χ1) is 10.0. The van der Waals surface area contributed by atoms with E-state index in [1.807, 2.05) is 0 Å². The van der Waals surface area contributed by atoms with E-state index in [4.69, 9.17) is 12.2 Å². The second kappa shape index (κ2) is 5.07. The smallest absolute Gasteiger partial charge is 0.269 e. The van der Waals surface area contributed by atoms with Gasteiger partial charge in [0, 0.05) is 12.1 Å². The molecular weight excluding hydrogens is 290 g/mol. The molecule has 2 aliphatic rings. The summed E-state index contributed by atoms with van der Waals surface area (Å²) in [5, 5.41) is 14.3. The molecule has 21 heavy (non-hydrogen) atoms. The maximum Gasteiger partial charge on any atom is 0.269 e. The van der Waals surface area contributed by atoms with Crippen LogP contribution in [0.4, 0.5) is 5.69 Å². The fourth-order valence-corrected chi connectivity index (χ4v) is 3.39. The third kappa shape index (κ3) is 2.37. The molecule has 0 radical (unpaired) electrons. The van der Waals surface area contributed by atoms with Gasteiger partial charge in [0.15, 0.2) is 5.11 Å². The van der Waals surface area contributed by atoms with Crippen LogP contribution in [0, 0.1) is 10.1 Å². The van der Waals surface area contributed by atoms with Crippen molar-refractivity contribution in [2.75, 3.05) is 0 Å². The lowest BCUT2D eigenvalue weighted by Gasteiger charge is -2.20. The molecule has 110 valence electrons. The van der Waals surface area contributed by atoms with Gasteiger partial charge in [0.05, 0.1) is 11.5 Å². The standard InChI is InChI=1S/C14H15N3O3S/c18-12-14(7-1-2-8-14)15-13(21)16(12)9-10-3-5-11(6-4-10)17(19)20/h3-6H,1-2,7-9H2,(H,15,21). The van der Waals surface area contributed by atoms with E-state index in [2.05, 4.69) is 5.32 Å². The predicted molar refractivity (Wildman–Crippen MR) is 80.6 cm³/mol. The van der Waals surface area contributed by atoms with Gasteiger partial charge in [0.25, 0.3) is 11.6 Å². The molecule has 7 heteroatoms. The van der Waals surface area contributed by atoms with Crippen molar-refractivity contribution in [3.63, 3.8) is 0 Å². The average molecular weight is 305 g/mol. The van der Waals surface area contributed by atoms with E-state index in [0.29, 0.717) is 11.7 Å². The molecule has 1 N–H and O–H groups in total. The quantitative estimate of drug-likeness (QED) is 0.526. The zero-order valence-electron chi connectivity index (χ0n) is 11.4. The molecular formula is C14H15N3O3S. The number of hydrogen-bond acceptors (Lipinski definition) is 4. The Morgan fingerprint density at radius 2 is 1.90 bits per heavy atom. The lowest BCUT2D eigenvalue weighted by Crippen LogP contribution is -2.44. The summed E-state index contributed by atoms with van der Waals surface area (Å²) in [4.78, 5) is 24.4. The van der Waals surface area contributed by atoms with Crippen molar-refractivity contribution >= 4 is 28.9 Å². The number of nitro groups is 1. The highest BCUT2D eigenvalue weighted by Crippen LogP contribution is 2.35. The van der Waals surface area contributed by atoms with E-state index in [-0.39, 0.29) is 11.6 Å². The van der Waals surface area contributed by atoms with Crippen LogP contribution in [0.1, 0.15) is 31.2 Å². The van der Waals surface area contributed by atoms with Crippen LogP contribution in [0.15, 0.2) is 24.3 Å². The fraction of sp³-hybridized carbons (Fsp3) is 0.429. The number of hydrogen-bond donors (Lipinski definition) is 1. The Bertz CT molecular complexity index is 608. The van der Waals surface area contributed by atoms with E-state index in [9.17, 15) is 14.9 Å². The van der Waals surface area contributed by atoms with Gasteiger partial charge in [-0.25, -0.2) is 0 Å². The number of non-ortho nitro benzene ring substituents is 1. The zero-order chi connectivity index (χ0) is 15.0. The van der Waals surface area contributed by atoms with Gasteiger partial charge in [-0.2, -0.15) is 0 Å². The molecule has 1 aromatic rings. The Labute approximate surface area is 127 Å². The molecule has 0 bridgehead atoms. The van der Waals surface area contributed by atoms with Gasteiger partial charge >= 0.3 is 0 Å². The molecule has 2 fully saturated rings. The molecule has 1 aliphatic carbocycles. The molecule has 0 aromatic heterocycles. The summed E-state index contributed by atoms with van der Waals surface area (Å²) in [6.07, 6.45) is 3.71. The van der Waals surface area contributed by atoms with Crippen molar-refractivity contribution in [3.8, 4) is 0 Å². The molecule has 6 nitrogen and oxygen atoms in total. The van der Waals surface area contributed by atoms with Gasteiger partial charge in [-0.15, -0.1) is 0 Å². The van der Waals surface area contributed by atoms with Gasteiger partial charge in [-0.3, -0.25) is 19.8 Å². The van der Waals surface area contributed by atoms with Crippen molar-refractivity contribution in [2.45, 2.75) is 37.8 Å². The third-order valence-corrected chi connectivity index (χ3v) is 4.51. The number of carbonyl (C=O) groups excluding carboxylic acids is 1. The number of nitrogens with zero attached hydrogens (tertiary/aromatic N) is 2. The Morgan fingerprint density at radius 1 is 1.29 bits per heavy atom. The van der Waals surface area contributed by atoms with Crippen LogP contribution in [0.2, 0.25) is 0 Å². The number of amides is 1. The summed E-state index contributed by atoms with van der Waals surface area (Å²) in [6, 6.07) is 6.21. The Kier molecular flexibility index (Phi) is 3.36. The summed E-state index contributed by atoms with van der Waals surface area (Å²) in [6.45, 7) is 0.352. The van der Waals surface area contributed by atoms with Crippen molar-refractivity contribution in [1.82, 2.24) is 10.2 Å². The van der Waals surface area contributed by atoms with Crippen LogP contribution >= 0.6 is 12.2 Å². The van der Waals surface area contributed by atoms with E-state index in [1.165, 1.54) is 12.1 Å². The summed E-state index contributed by atoms with van der Waals surface area (Å²) in [5.41, 5.74) is 0.366. The van der Waals surface area contributed by atoms with Crippen LogP contribution in [-0.4, -0.2) is 26.4 Å². The summed E-state index contributed by atoms with van der Waals surface area (Å²) in [5.74, 6) is 0.0309. The minimum atomic E-state index is -0.502. The lowest BCUT2D eigenvalue weighted by molar-refractivity contribution is -0.384. The maximum absolute atomic E-state index is 12.6. The second-order valence-corrected chi connectivity index (χ2v) is 5.92. The first-order valence-electron chi connectivity index (χ1n) is 6.89. The fourth-order valence-electron chi connectivity index (χ4n) is 3.04. The monoisotopic (exact) mass is 305 g/mol. The molecule has 1 aliphatic heterocycles. The number of thiocarbonyl (C=S) groups is 1. The second-order valence-electron chi connectivity index (χ2n) is 5.53. The molecule has 1 amide bonds. The number of rotatable bonds is 3. The van der Waals surface area contributed by atoms with Crippen molar-refractivity contribution < 1.29 is 9.72 Å². The third-order valence-electron chi connectivity index (χ3n) is 4.19. The summed E-state index contributed by atoms with van der Waals surface area (Å²) >= 11 is 5.28. The summed E-state index contributed by atoms with van der Waals surface area (Å²) in [7, 11) is 0. The minimum Gasteiger partial charge on any atom is -0.348 e. The molecule has 3 rings (SSSR count). The molecule has 1 heterocycles. The Hall–Kier alpha value is -2.02. The highest BCUT2D eigenvalue weighted by molar-refractivity contribution is 7.80. The van der Waals surface area contributed by atoms with Crippen molar-refractivity contribution in [1.29, 1.82) is 0 Å². The zero-order valence-corrected chi connectivity index (χ0v) is 12.2. The average Bonchev–Trinajstić information content (AvgIpc) is 3.01. The number of carbonyl (C=O) groups is 1. The van der Waals surface area contributed by atoms with E-state index in [0.717, 1.165) is 31.2 Å². The van der Waals surface area contributed by atoms with Crippen LogP contribution in [0.25, 0.3) is 0 Å². The largest absolute Gasteiger partial charge is 0.348 e. The van der Waals surface area contributed by atoms with Crippen molar-refractivity contribution in [3.05, 3.63) is 39.9 Å². The summed E-state index contributed by atoms with van der Waals surface area (Å²) < 4.78 is 0. The first kappa shape index (κ1) is 13.9. The number of nitrogens with one attached hydrogen (secondary N) is 1. The van der Waals surface area contributed by atoms with Crippen LogP contribution in [-0.2, 0) is 11.3 Å². The molecule has 1 saturated carbocycles. The SMILES string of the molecule is O=C1N(Cc2ccc([N+](=O)[O-])cc2)C(=S)NC12CCCC2. The normalized spacial score (nSPS) is 20.1. The van der Waals surface area contributed by atoms with Gasteiger partial charge < -0.3 is 5.32 Å². The Balaban J connectivity index is 1.77. The van der Waals surface area contributed by atoms with Crippen LogP contribution in [0.3, 0.4) is 0 Å². The molecule has 0 atom stereocenters. The maximum atomic E-state index is 12.6. The number of nitro benzene ring substituents is 1. The predicted octanol–water partition coefficient (Wildman–Crippen LogP) is 2.12. The molecule has 1 aromatic carbocycles. The topological polar surface area (TPSA) is 75.5 Å². The van der Waals surface area contributed by atoms with E-state index in [1.54, 1.807) is 17.0 Å². The molecule has 0 unspecified atom stereocenters. The van der Waals surface area contributed by atoms with Gasteiger partial charge in [0.2, 0.25) is 0 Å². The first-order valence-corrected chi connectivity index (χ1v) is 7.30. The molecule has 1 spiro atoms. The lowest BCUT2D eigenvalue weighted by atomic mass is 9.98. The highest BCUT2D eigenvalue weighted by Gasteiger charge is 2.50. The van der Waals surface area contributed by atoms with Crippen LogP contribution in [0.5, 0.6) is 0 Å². The van der Waals surface area contributed by atoms with Crippen LogP contribution < -0.4 is 5.32 Å². The van der Waals surface area contributed by atoms with E-state index < -0.39 is 10.5 Å². The van der Waals surface area contributed by atoms with E-state index >= 15 is 0 Å². The van der Waals surface area contributed by atoms with Gasteiger partial charge in [0.1, 0.15) is 5.54 Å². The van der Waals surface area contributed by atoms with Crippen molar-refractivity contribution in [2.24, 2.45) is 0 Å².